The summed E-state index contributed by atoms with van der Waals surface area (Å²) in [6.45, 7) is 1.65. The van der Waals surface area contributed by atoms with Gasteiger partial charge >= 0.3 is 6.18 Å². The van der Waals surface area contributed by atoms with Crippen LogP contribution in [0.15, 0.2) is 48.5 Å². The van der Waals surface area contributed by atoms with Crippen molar-refractivity contribution < 1.29 is 31.1 Å². The van der Waals surface area contributed by atoms with E-state index in [4.69, 9.17) is 4.74 Å². The molecule has 2 aromatic carbocycles. The molecule has 1 amide bonds. The lowest BCUT2D eigenvalue weighted by Gasteiger charge is -2.22. The van der Waals surface area contributed by atoms with Gasteiger partial charge in [0.05, 0.1) is 24.1 Å². The van der Waals surface area contributed by atoms with Gasteiger partial charge in [0.2, 0.25) is 15.9 Å². The SMILES string of the molecule is CCOc1ccc(N(CC(=O)Nc2cccc(C(F)(F)F)c2)S(C)(=O)=O)cc1. The summed E-state index contributed by atoms with van der Waals surface area (Å²) < 4.78 is 68.6. The predicted octanol–water partition coefficient (Wildman–Crippen LogP) is 3.51. The number of sulfonamides is 1. The standard InChI is InChI=1S/C18H19F3N2O4S/c1-3-27-16-9-7-15(8-10-16)23(28(2,25)26)12-17(24)22-14-6-4-5-13(11-14)18(19,20)21/h4-11H,3,12H2,1-2H3,(H,22,24). The zero-order valence-electron chi connectivity index (χ0n) is 15.2. The molecule has 0 saturated heterocycles. The van der Waals surface area contributed by atoms with Crippen LogP contribution in [0, 0.1) is 0 Å². The van der Waals surface area contributed by atoms with Crippen molar-refractivity contribution in [2.24, 2.45) is 0 Å². The second kappa shape index (κ2) is 8.51. The van der Waals surface area contributed by atoms with Gasteiger partial charge in [-0.05, 0) is 49.4 Å². The maximum absolute atomic E-state index is 12.8. The van der Waals surface area contributed by atoms with Crippen LogP contribution in [0.4, 0.5) is 24.5 Å². The molecule has 0 aliphatic heterocycles. The van der Waals surface area contributed by atoms with Gasteiger partial charge < -0.3 is 10.1 Å². The highest BCUT2D eigenvalue weighted by Gasteiger charge is 2.30. The topological polar surface area (TPSA) is 75.7 Å². The maximum atomic E-state index is 12.8. The van der Waals surface area contributed by atoms with E-state index >= 15 is 0 Å². The molecule has 28 heavy (non-hydrogen) atoms. The zero-order chi connectivity index (χ0) is 20.9. The van der Waals surface area contributed by atoms with Crippen LogP contribution in [0.3, 0.4) is 0 Å². The van der Waals surface area contributed by atoms with Crippen molar-refractivity contribution in [3.05, 3.63) is 54.1 Å². The number of carbonyl (C=O) groups excluding carboxylic acids is 1. The van der Waals surface area contributed by atoms with E-state index in [2.05, 4.69) is 5.32 Å². The number of carbonyl (C=O) groups is 1. The molecule has 6 nitrogen and oxygen atoms in total. The average molecular weight is 416 g/mol. The molecule has 0 radical (unpaired) electrons. The number of rotatable bonds is 7. The van der Waals surface area contributed by atoms with Crippen molar-refractivity contribution in [3.8, 4) is 5.75 Å². The summed E-state index contributed by atoms with van der Waals surface area (Å²) >= 11 is 0. The Kier molecular flexibility index (Phi) is 6.55. The summed E-state index contributed by atoms with van der Waals surface area (Å²) in [5.74, 6) is -0.244. The third-order valence-corrected chi connectivity index (χ3v) is 4.74. The van der Waals surface area contributed by atoms with Crippen molar-refractivity contribution in [2.75, 3.05) is 29.0 Å². The number of alkyl halides is 3. The number of halogens is 3. The van der Waals surface area contributed by atoms with Crippen molar-refractivity contribution in [2.45, 2.75) is 13.1 Å². The zero-order valence-corrected chi connectivity index (χ0v) is 16.0. The minimum atomic E-state index is -4.55. The van der Waals surface area contributed by atoms with Crippen LogP contribution in [0.1, 0.15) is 12.5 Å². The quantitative estimate of drug-likeness (QED) is 0.750. The molecule has 1 N–H and O–H groups in total. The first kappa shape index (κ1) is 21.5. The van der Waals surface area contributed by atoms with Gasteiger partial charge in [0.15, 0.2) is 0 Å². The predicted molar refractivity (Wildman–Crippen MR) is 99.9 cm³/mol. The number of ether oxygens (including phenoxy) is 1. The molecule has 2 rings (SSSR count). The minimum absolute atomic E-state index is 0.0834. The average Bonchev–Trinajstić information content (AvgIpc) is 2.59. The number of nitrogens with one attached hydrogen (secondary N) is 1. The summed E-state index contributed by atoms with van der Waals surface area (Å²) in [6, 6.07) is 10.2. The Morgan fingerprint density at radius 1 is 1.14 bits per heavy atom. The van der Waals surface area contributed by atoms with Crippen LogP contribution < -0.4 is 14.4 Å². The number of amides is 1. The molecule has 0 spiro atoms. The van der Waals surface area contributed by atoms with Gasteiger partial charge in [-0.1, -0.05) is 6.07 Å². The Labute approximate surface area is 161 Å². The number of hydrogen-bond donors (Lipinski definition) is 1. The van der Waals surface area contributed by atoms with Gasteiger partial charge in [0, 0.05) is 5.69 Å². The van der Waals surface area contributed by atoms with Gasteiger partial charge in [-0.3, -0.25) is 9.10 Å². The van der Waals surface area contributed by atoms with Gasteiger partial charge in [0.25, 0.3) is 0 Å². The molecule has 0 unspecified atom stereocenters. The number of hydrogen-bond acceptors (Lipinski definition) is 4. The highest BCUT2D eigenvalue weighted by molar-refractivity contribution is 7.92. The molecular weight excluding hydrogens is 397 g/mol. The maximum Gasteiger partial charge on any atom is 0.416 e. The van der Waals surface area contributed by atoms with Gasteiger partial charge in [-0.2, -0.15) is 13.2 Å². The molecule has 0 atom stereocenters. The fraction of sp³-hybridized carbons (Fsp3) is 0.278. The van der Waals surface area contributed by atoms with Crippen molar-refractivity contribution >= 4 is 27.3 Å². The molecule has 2 aromatic rings. The highest BCUT2D eigenvalue weighted by Crippen LogP contribution is 2.30. The third-order valence-electron chi connectivity index (χ3n) is 3.60. The monoisotopic (exact) mass is 416 g/mol. The Hall–Kier alpha value is -2.75. The van der Waals surface area contributed by atoms with Crippen molar-refractivity contribution in [1.29, 1.82) is 0 Å². The van der Waals surface area contributed by atoms with E-state index in [0.29, 0.717) is 12.4 Å². The normalized spacial score (nSPS) is 11.8. The van der Waals surface area contributed by atoms with E-state index in [-0.39, 0.29) is 11.4 Å². The fourth-order valence-electron chi connectivity index (χ4n) is 2.38. The van der Waals surface area contributed by atoms with Crippen LogP contribution in [0.2, 0.25) is 0 Å². The lowest BCUT2D eigenvalue weighted by Crippen LogP contribution is -2.37. The molecule has 0 saturated carbocycles. The van der Waals surface area contributed by atoms with Crippen LogP contribution in [-0.2, 0) is 21.0 Å². The minimum Gasteiger partial charge on any atom is -0.494 e. The lowest BCUT2D eigenvalue weighted by atomic mass is 10.2. The number of benzene rings is 2. The molecule has 0 aromatic heterocycles. The summed E-state index contributed by atoms with van der Waals surface area (Å²) in [4.78, 5) is 12.3. The molecule has 0 bridgehead atoms. The van der Waals surface area contributed by atoms with Crippen LogP contribution in [-0.4, -0.2) is 33.7 Å². The van der Waals surface area contributed by atoms with Gasteiger partial charge in [0.1, 0.15) is 12.3 Å². The third kappa shape index (κ3) is 5.88. The Morgan fingerprint density at radius 2 is 1.79 bits per heavy atom. The summed E-state index contributed by atoms with van der Waals surface area (Å²) in [7, 11) is -3.81. The number of anilines is 2. The molecule has 0 aliphatic rings. The van der Waals surface area contributed by atoms with Crippen molar-refractivity contribution in [1.82, 2.24) is 0 Å². The molecule has 152 valence electrons. The summed E-state index contributed by atoms with van der Waals surface area (Å²) in [6.07, 6.45) is -3.62. The first-order valence-electron chi connectivity index (χ1n) is 8.18. The van der Waals surface area contributed by atoms with Crippen LogP contribution in [0.25, 0.3) is 0 Å². The molecule has 10 heteroatoms. The first-order chi connectivity index (χ1) is 13.0. The first-order valence-corrected chi connectivity index (χ1v) is 10.0. The summed E-state index contributed by atoms with van der Waals surface area (Å²) in [5, 5.41) is 2.29. The highest BCUT2D eigenvalue weighted by atomic mass is 32.2. The summed E-state index contributed by atoms with van der Waals surface area (Å²) in [5.41, 5.74) is -0.776. The van der Waals surface area contributed by atoms with E-state index in [1.54, 1.807) is 19.1 Å². The van der Waals surface area contributed by atoms with E-state index < -0.39 is 34.2 Å². The van der Waals surface area contributed by atoms with Crippen LogP contribution >= 0.6 is 0 Å². The fourth-order valence-corrected chi connectivity index (χ4v) is 3.24. The Morgan fingerprint density at radius 3 is 2.32 bits per heavy atom. The number of nitrogens with zero attached hydrogens (tertiary/aromatic N) is 1. The molecule has 0 aliphatic carbocycles. The molecule has 0 fully saturated rings. The van der Waals surface area contributed by atoms with E-state index in [1.165, 1.54) is 18.2 Å². The second-order valence-corrected chi connectivity index (χ2v) is 7.73. The Bertz CT molecular complexity index is 929. The van der Waals surface area contributed by atoms with E-state index in [9.17, 15) is 26.4 Å². The smallest absolute Gasteiger partial charge is 0.416 e. The molecular formula is C18H19F3N2O4S. The van der Waals surface area contributed by atoms with Crippen LogP contribution in [0.5, 0.6) is 5.75 Å². The van der Waals surface area contributed by atoms with Crippen molar-refractivity contribution in [3.63, 3.8) is 0 Å². The second-order valence-electron chi connectivity index (χ2n) is 5.82. The largest absolute Gasteiger partial charge is 0.494 e. The molecule has 0 heterocycles. The van der Waals surface area contributed by atoms with Gasteiger partial charge in [-0.25, -0.2) is 8.42 Å². The Balaban J connectivity index is 2.18. The van der Waals surface area contributed by atoms with Gasteiger partial charge in [-0.15, -0.1) is 0 Å². The van der Waals surface area contributed by atoms with E-state index in [0.717, 1.165) is 28.8 Å². The van der Waals surface area contributed by atoms with E-state index in [1.807, 2.05) is 0 Å². The lowest BCUT2D eigenvalue weighted by molar-refractivity contribution is -0.137.